The number of thiazole rings is 1. The maximum atomic E-state index is 4.54. The predicted molar refractivity (Wildman–Crippen MR) is 84.0 cm³/mol. The van der Waals surface area contributed by atoms with Crippen LogP contribution in [0.25, 0.3) is 10.4 Å². The van der Waals surface area contributed by atoms with Crippen molar-refractivity contribution < 1.29 is 0 Å². The Morgan fingerprint density at radius 2 is 1.85 bits per heavy atom. The minimum atomic E-state index is 0.613. The van der Waals surface area contributed by atoms with Crippen LogP contribution in [0.1, 0.15) is 12.8 Å². The molecule has 2 heterocycles. The van der Waals surface area contributed by atoms with Crippen LogP contribution in [-0.2, 0) is 0 Å². The molecule has 0 amide bonds. The van der Waals surface area contributed by atoms with Gasteiger partial charge in [-0.2, -0.15) is 0 Å². The average Bonchev–Trinajstić information content (AvgIpc) is 3.16. The van der Waals surface area contributed by atoms with Crippen LogP contribution in [0.5, 0.6) is 0 Å². The topological polar surface area (TPSA) is 37.0 Å². The van der Waals surface area contributed by atoms with Crippen molar-refractivity contribution in [2.75, 3.05) is 18.4 Å². The van der Waals surface area contributed by atoms with Crippen LogP contribution in [0, 0.1) is 11.8 Å². The normalized spacial score (nSPS) is 28.5. The Kier molecular flexibility index (Phi) is 3.20. The molecule has 104 valence electrons. The van der Waals surface area contributed by atoms with E-state index in [1.54, 1.807) is 11.3 Å². The third kappa shape index (κ3) is 2.34. The van der Waals surface area contributed by atoms with E-state index in [-0.39, 0.29) is 0 Å². The van der Waals surface area contributed by atoms with Crippen molar-refractivity contribution in [3.05, 3.63) is 36.5 Å². The molecule has 2 aromatic rings. The molecule has 1 unspecified atom stereocenters. The number of aromatic nitrogens is 1. The fraction of sp³-hybridized carbons (Fsp3) is 0.438. The Hall–Kier alpha value is -1.39. The van der Waals surface area contributed by atoms with E-state index in [2.05, 4.69) is 45.9 Å². The van der Waals surface area contributed by atoms with E-state index in [9.17, 15) is 0 Å². The summed E-state index contributed by atoms with van der Waals surface area (Å²) in [6.45, 7) is 2.41. The van der Waals surface area contributed by atoms with Gasteiger partial charge in [0, 0.05) is 12.2 Å². The number of benzene rings is 1. The Labute approximate surface area is 123 Å². The van der Waals surface area contributed by atoms with Gasteiger partial charge in [0.1, 0.15) is 0 Å². The molecule has 1 saturated carbocycles. The summed E-state index contributed by atoms with van der Waals surface area (Å²) in [5.74, 6) is 1.75. The highest BCUT2D eigenvalue weighted by Gasteiger charge is 2.37. The summed E-state index contributed by atoms with van der Waals surface area (Å²) in [4.78, 5) is 5.79. The molecule has 1 aliphatic heterocycles. The van der Waals surface area contributed by atoms with Gasteiger partial charge in [-0.25, -0.2) is 4.98 Å². The molecule has 1 aromatic carbocycles. The monoisotopic (exact) mass is 285 g/mol. The summed E-state index contributed by atoms with van der Waals surface area (Å²) in [6.07, 6.45) is 4.56. The lowest BCUT2D eigenvalue weighted by Gasteiger charge is -2.12. The number of fused-ring (bicyclic) bond motifs is 1. The van der Waals surface area contributed by atoms with E-state index < -0.39 is 0 Å². The van der Waals surface area contributed by atoms with Gasteiger partial charge in [-0.3, -0.25) is 0 Å². The van der Waals surface area contributed by atoms with E-state index >= 15 is 0 Å². The van der Waals surface area contributed by atoms with Crippen LogP contribution in [0.15, 0.2) is 36.5 Å². The Bertz CT molecular complexity index is 568. The number of nitrogens with zero attached hydrogens (tertiary/aromatic N) is 1. The first-order chi connectivity index (χ1) is 9.88. The first-order valence-corrected chi connectivity index (χ1v) is 8.18. The molecule has 2 fully saturated rings. The molecule has 2 aliphatic rings. The fourth-order valence-electron chi connectivity index (χ4n) is 3.54. The summed E-state index contributed by atoms with van der Waals surface area (Å²) in [7, 11) is 0. The van der Waals surface area contributed by atoms with Crippen LogP contribution in [0.3, 0.4) is 0 Å². The van der Waals surface area contributed by atoms with Gasteiger partial charge in [0.25, 0.3) is 0 Å². The lowest BCUT2D eigenvalue weighted by Crippen LogP contribution is -2.20. The number of rotatable bonds is 3. The molecule has 3 atom stereocenters. The average molecular weight is 285 g/mol. The maximum Gasteiger partial charge on any atom is 0.183 e. The third-order valence-electron chi connectivity index (χ3n) is 4.55. The van der Waals surface area contributed by atoms with Gasteiger partial charge in [-0.15, -0.1) is 0 Å². The van der Waals surface area contributed by atoms with Crippen molar-refractivity contribution in [2.24, 2.45) is 11.8 Å². The van der Waals surface area contributed by atoms with Crippen LogP contribution in [-0.4, -0.2) is 24.1 Å². The van der Waals surface area contributed by atoms with E-state index in [0.29, 0.717) is 6.04 Å². The van der Waals surface area contributed by atoms with Gasteiger partial charge >= 0.3 is 0 Å². The van der Waals surface area contributed by atoms with E-state index in [1.165, 1.54) is 36.4 Å². The molecule has 0 bridgehead atoms. The van der Waals surface area contributed by atoms with Crippen molar-refractivity contribution in [2.45, 2.75) is 18.9 Å². The fourth-order valence-corrected chi connectivity index (χ4v) is 4.43. The number of hydrogen-bond acceptors (Lipinski definition) is 4. The quantitative estimate of drug-likeness (QED) is 0.909. The molecule has 0 radical (unpaired) electrons. The van der Waals surface area contributed by atoms with E-state index in [4.69, 9.17) is 0 Å². The van der Waals surface area contributed by atoms with E-state index in [0.717, 1.165) is 17.0 Å². The lowest BCUT2D eigenvalue weighted by molar-refractivity contribution is 0.494. The Balaban J connectivity index is 1.44. The summed E-state index contributed by atoms with van der Waals surface area (Å²) in [5, 5.41) is 8.20. The second-order valence-corrected chi connectivity index (χ2v) is 6.92. The highest BCUT2D eigenvalue weighted by atomic mass is 32.1. The summed E-state index contributed by atoms with van der Waals surface area (Å²) >= 11 is 1.76. The molecule has 20 heavy (non-hydrogen) atoms. The first-order valence-electron chi connectivity index (χ1n) is 7.37. The molecule has 4 rings (SSSR count). The molecule has 1 aliphatic carbocycles. The molecule has 2 N–H and O–H groups in total. The highest BCUT2D eigenvalue weighted by Crippen LogP contribution is 2.37. The molecule has 1 aromatic heterocycles. The van der Waals surface area contributed by atoms with Gasteiger partial charge in [0.2, 0.25) is 0 Å². The van der Waals surface area contributed by atoms with Gasteiger partial charge in [-0.1, -0.05) is 41.7 Å². The smallest absolute Gasteiger partial charge is 0.183 e. The zero-order chi connectivity index (χ0) is 13.4. The Morgan fingerprint density at radius 3 is 2.60 bits per heavy atom. The molecule has 0 spiro atoms. The van der Waals surface area contributed by atoms with Gasteiger partial charge in [0.15, 0.2) is 5.13 Å². The minimum absolute atomic E-state index is 0.613. The van der Waals surface area contributed by atoms with Crippen LogP contribution in [0.2, 0.25) is 0 Å². The van der Waals surface area contributed by atoms with Gasteiger partial charge in [0.05, 0.1) is 4.88 Å². The number of nitrogens with one attached hydrogen (secondary N) is 2. The van der Waals surface area contributed by atoms with E-state index in [1.807, 2.05) is 6.20 Å². The van der Waals surface area contributed by atoms with Crippen molar-refractivity contribution in [3.8, 4) is 10.4 Å². The lowest BCUT2D eigenvalue weighted by atomic mass is 10.0. The summed E-state index contributed by atoms with van der Waals surface area (Å²) in [6, 6.07) is 11.1. The third-order valence-corrected chi connectivity index (χ3v) is 5.52. The van der Waals surface area contributed by atoms with Crippen LogP contribution in [0.4, 0.5) is 5.13 Å². The zero-order valence-electron chi connectivity index (χ0n) is 11.4. The molecular formula is C16H19N3S. The van der Waals surface area contributed by atoms with Crippen molar-refractivity contribution in [1.82, 2.24) is 10.3 Å². The number of anilines is 1. The maximum absolute atomic E-state index is 4.54. The van der Waals surface area contributed by atoms with Crippen molar-refractivity contribution in [3.63, 3.8) is 0 Å². The minimum Gasteiger partial charge on any atom is -0.359 e. The second-order valence-electron chi connectivity index (χ2n) is 5.89. The highest BCUT2D eigenvalue weighted by molar-refractivity contribution is 7.18. The van der Waals surface area contributed by atoms with Gasteiger partial charge < -0.3 is 10.6 Å². The predicted octanol–water partition coefficient (Wildman–Crippen LogP) is 3.22. The van der Waals surface area contributed by atoms with Crippen LogP contribution >= 0.6 is 11.3 Å². The SMILES string of the molecule is c1ccc(-c2cnc(NC3C[C@H]4CNC[C@H]4C3)s2)cc1. The summed E-state index contributed by atoms with van der Waals surface area (Å²) < 4.78 is 0. The standard InChI is InChI=1S/C16H19N3S/c1-2-4-11(5-3-1)15-10-18-16(20-15)19-14-6-12-8-17-9-13(12)7-14/h1-5,10,12-14,17H,6-9H2,(H,18,19)/t12-,13+,14?. The van der Waals surface area contributed by atoms with Crippen molar-refractivity contribution in [1.29, 1.82) is 0 Å². The molecule has 1 saturated heterocycles. The zero-order valence-corrected chi connectivity index (χ0v) is 12.2. The second kappa shape index (κ2) is 5.19. The van der Waals surface area contributed by atoms with Gasteiger partial charge in [-0.05, 0) is 43.3 Å². The van der Waals surface area contributed by atoms with Crippen molar-refractivity contribution >= 4 is 16.5 Å². The Morgan fingerprint density at radius 1 is 1.10 bits per heavy atom. The first kappa shape index (κ1) is 12.4. The summed E-state index contributed by atoms with van der Waals surface area (Å²) in [5.41, 5.74) is 1.26. The molecular weight excluding hydrogens is 266 g/mol. The van der Waals surface area contributed by atoms with Crippen LogP contribution < -0.4 is 10.6 Å². The largest absolute Gasteiger partial charge is 0.359 e. The molecule has 3 nitrogen and oxygen atoms in total. The number of hydrogen-bond donors (Lipinski definition) is 2. The molecule has 4 heteroatoms.